The smallest absolute Gasteiger partial charge is 0.230 e. The van der Waals surface area contributed by atoms with Crippen molar-refractivity contribution in [2.24, 2.45) is 0 Å². The van der Waals surface area contributed by atoms with Crippen LogP contribution in [0, 0.1) is 12.7 Å². The van der Waals surface area contributed by atoms with Crippen molar-refractivity contribution in [1.29, 1.82) is 0 Å². The first kappa shape index (κ1) is 20.4. The second-order valence-electron chi connectivity index (χ2n) is 6.50. The lowest BCUT2D eigenvalue weighted by Gasteiger charge is -2.21. The summed E-state index contributed by atoms with van der Waals surface area (Å²) >= 11 is 7.15. The first-order chi connectivity index (χ1) is 13.5. The molecule has 0 saturated heterocycles. The molecule has 0 unspecified atom stereocenters. The minimum atomic E-state index is -0.345. The fraction of sp³-hybridized carbons (Fsp3) is 0.174. The highest BCUT2D eigenvalue weighted by molar-refractivity contribution is 7.99. The Labute approximate surface area is 174 Å². The van der Waals surface area contributed by atoms with Gasteiger partial charge in [-0.25, -0.2) is 4.39 Å². The molecule has 3 aromatic carbocycles. The number of carbonyl (C=O) groups excluding carboxylic acids is 1. The van der Waals surface area contributed by atoms with Gasteiger partial charge in [-0.05, 0) is 41.3 Å². The summed E-state index contributed by atoms with van der Waals surface area (Å²) < 4.78 is 13.9. The van der Waals surface area contributed by atoms with Crippen molar-refractivity contribution in [1.82, 2.24) is 5.32 Å². The SMILES string of the molecule is Cc1ccccc1[C@H](NC(=O)CSCc1ccc(Cl)cc1F)c1ccccc1. The van der Waals surface area contributed by atoms with Crippen molar-refractivity contribution in [3.8, 4) is 0 Å². The van der Waals surface area contributed by atoms with Crippen LogP contribution in [0.15, 0.2) is 72.8 Å². The molecule has 3 aromatic rings. The van der Waals surface area contributed by atoms with Gasteiger partial charge in [0.1, 0.15) is 5.82 Å². The van der Waals surface area contributed by atoms with Gasteiger partial charge in [-0.2, -0.15) is 0 Å². The number of hydrogen-bond donors (Lipinski definition) is 1. The number of benzene rings is 3. The van der Waals surface area contributed by atoms with E-state index in [4.69, 9.17) is 11.6 Å². The highest BCUT2D eigenvalue weighted by Gasteiger charge is 2.18. The maximum Gasteiger partial charge on any atom is 0.230 e. The number of rotatable bonds is 7. The fourth-order valence-electron chi connectivity index (χ4n) is 2.99. The van der Waals surface area contributed by atoms with Crippen LogP contribution >= 0.6 is 23.4 Å². The standard InChI is InChI=1S/C23H21ClFNOS/c1-16-7-5-6-10-20(16)23(17-8-3-2-4-9-17)26-22(27)15-28-14-18-11-12-19(24)13-21(18)25/h2-13,23H,14-15H2,1H3,(H,26,27)/t23-/m1/s1. The molecule has 0 aliphatic heterocycles. The first-order valence-electron chi connectivity index (χ1n) is 8.96. The van der Waals surface area contributed by atoms with E-state index in [-0.39, 0.29) is 23.5 Å². The average Bonchev–Trinajstić information content (AvgIpc) is 2.69. The van der Waals surface area contributed by atoms with Crippen molar-refractivity contribution in [2.75, 3.05) is 5.75 Å². The van der Waals surface area contributed by atoms with Gasteiger partial charge in [0, 0.05) is 10.8 Å². The number of amides is 1. The molecule has 0 aliphatic carbocycles. The van der Waals surface area contributed by atoms with E-state index in [9.17, 15) is 9.18 Å². The molecule has 0 fully saturated rings. The third-order valence-corrected chi connectivity index (χ3v) is 5.66. The van der Waals surface area contributed by atoms with Crippen molar-refractivity contribution >= 4 is 29.3 Å². The molecule has 2 nitrogen and oxygen atoms in total. The number of hydrogen-bond acceptors (Lipinski definition) is 2. The van der Waals surface area contributed by atoms with E-state index in [0.29, 0.717) is 16.3 Å². The number of halogens is 2. The largest absolute Gasteiger partial charge is 0.344 e. The summed E-state index contributed by atoms with van der Waals surface area (Å²) in [7, 11) is 0. The van der Waals surface area contributed by atoms with Gasteiger partial charge in [-0.3, -0.25) is 4.79 Å². The molecule has 0 aliphatic rings. The molecule has 0 saturated carbocycles. The average molecular weight is 414 g/mol. The number of thioether (sulfide) groups is 1. The molecule has 144 valence electrons. The van der Waals surface area contributed by atoms with E-state index in [0.717, 1.165) is 16.7 Å². The Morgan fingerprint density at radius 3 is 2.50 bits per heavy atom. The predicted molar refractivity (Wildman–Crippen MR) is 115 cm³/mol. The summed E-state index contributed by atoms with van der Waals surface area (Å²) in [6.45, 7) is 2.04. The van der Waals surface area contributed by atoms with E-state index in [1.807, 2.05) is 61.5 Å². The van der Waals surface area contributed by atoms with E-state index in [1.165, 1.54) is 17.8 Å². The van der Waals surface area contributed by atoms with Crippen LogP contribution in [0.25, 0.3) is 0 Å². The molecule has 0 heterocycles. The Morgan fingerprint density at radius 2 is 1.79 bits per heavy atom. The number of nitrogens with one attached hydrogen (secondary N) is 1. The maximum absolute atomic E-state index is 13.9. The van der Waals surface area contributed by atoms with Crippen molar-refractivity contribution in [3.05, 3.63) is 106 Å². The molecule has 0 radical (unpaired) electrons. The lowest BCUT2D eigenvalue weighted by Crippen LogP contribution is -2.31. The molecule has 0 spiro atoms. The predicted octanol–water partition coefficient (Wildman–Crippen LogP) is 5.93. The Hall–Kier alpha value is -2.30. The Balaban J connectivity index is 1.67. The Bertz CT molecular complexity index is 948. The molecule has 1 amide bonds. The van der Waals surface area contributed by atoms with Crippen molar-refractivity contribution < 1.29 is 9.18 Å². The van der Waals surface area contributed by atoms with E-state index in [1.54, 1.807) is 12.1 Å². The summed E-state index contributed by atoms with van der Waals surface area (Å²) in [5.41, 5.74) is 3.75. The topological polar surface area (TPSA) is 29.1 Å². The Morgan fingerprint density at radius 1 is 1.07 bits per heavy atom. The van der Waals surface area contributed by atoms with Crippen LogP contribution in [0.2, 0.25) is 5.02 Å². The van der Waals surface area contributed by atoms with Crippen LogP contribution < -0.4 is 5.32 Å². The van der Waals surface area contributed by atoms with Crippen molar-refractivity contribution in [2.45, 2.75) is 18.7 Å². The second kappa shape index (κ2) is 9.76. The monoisotopic (exact) mass is 413 g/mol. The molecule has 3 rings (SSSR count). The summed E-state index contributed by atoms with van der Waals surface area (Å²) in [5.74, 6) is 0.229. The van der Waals surface area contributed by atoms with Gasteiger partial charge in [0.2, 0.25) is 5.91 Å². The number of aryl methyl sites for hydroxylation is 1. The van der Waals surface area contributed by atoms with Gasteiger partial charge < -0.3 is 5.32 Å². The summed E-state index contributed by atoms with van der Waals surface area (Å²) in [6, 6.07) is 22.3. The third-order valence-electron chi connectivity index (χ3n) is 4.44. The second-order valence-corrected chi connectivity index (χ2v) is 7.92. The molecule has 5 heteroatoms. The van der Waals surface area contributed by atoms with E-state index < -0.39 is 0 Å². The van der Waals surface area contributed by atoms with E-state index in [2.05, 4.69) is 5.32 Å². The van der Waals surface area contributed by atoms with Gasteiger partial charge >= 0.3 is 0 Å². The lowest BCUT2D eigenvalue weighted by molar-refractivity contribution is -0.119. The summed E-state index contributed by atoms with van der Waals surface area (Å²) in [4.78, 5) is 12.6. The summed E-state index contributed by atoms with van der Waals surface area (Å²) in [6.07, 6.45) is 0. The van der Waals surface area contributed by atoms with E-state index >= 15 is 0 Å². The van der Waals surface area contributed by atoms with Gasteiger partial charge in [0.05, 0.1) is 11.8 Å². The quantitative estimate of drug-likeness (QED) is 0.520. The number of carbonyl (C=O) groups is 1. The van der Waals surface area contributed by atoms with Crippen LogP contribution in [0.3, 0.4) is 0 Å². The minimum absolute atomic E-state index is 0.0866. The third kappa shape index (κ3) is 5.37. The van der Waals surface area contributed by atoms with Crippen LogP contribution in [0.4, 0.5) is 4.39 Å². The van der Waals surface area contributed by atoms with Gasteiger partial charge in [0.15, 0.2) is 0 Å². The molecule has 28 heavy (non-hydrogen) atoms. The zero-order valence-electron chi connectivity index (χ0n) is 15.5. The van der Waals surface area contributed by atoms with Crippen LogP contribution in [-0.4, -0.2) is 11.7 Å². The van der Waals surface area contributed by atoms with Crippen molar-refractivity contribution in [3.63, 3.8) is 0 Å². The van der Waals surface area contributed by atoms with Gasteiger partial charge in [-0.15, -0.1) is 11.8 Å². The molecular formula is C23H21ClFNOS. The highest BCUT2D eigenvalue weighted by Crippen LogP contribution is 2.25. The lowest BCUT2D eigenvalue weighted by atomic mass is 9.95. The zero-order chi connectivity index (χ0) is 19.9. The van der Waals surface area contributed by atoms with Crippen LogP contribution in [-0.2, 0) is 10.5 Å². The van der Waals surface area contributed by atoms with Crippen LogP contribution in [0.5, 0.6) is 0 Å². The molecule has 0 aromatic heterocycles. The molecule has 0 bridgehead atoms. The molecule has 1 N–H and O–H groups in total. The zero-order valence-corrected chi connectivity index (χ0v) is 17.1. The minimum Gasteiger partial charge on any atom is -0.344 e. The molecule has 1 atom stereocenters. The first-order valence-corrected chi connectivity index (χ1v) is 10.5. The van der Waals surface area contributed by atoms with Crippen LogP contribution in [0.1, 0.15) is 28.3 Å². The van der Waals surface area contributed by atoms with Gasteiger partial charge in [0.25, 0.3) is 0 Å². The summed E-state index contributed by atoms with van der Waals surface area (Å²) in [5, 5.41) is 3.49. The van der Waals surface area contributed by atoms with Gasteiger partial charge in [-0.1, -0.05) is 72.3 Å². The highest BCUT2D eigenvalue weighted by atomic mass is 35.5. The maximum atomic E-state index is 13.9. The normalized spacial score (nSPS) is 11.8. The Kier molecular flexibility index (Phi) is 7.12. The fourth-order valence-corrected chi connectivity index (χ4v) is 3.98. The molecular weight excluding hydrogens is 393 g/mol.